The molecule has 1 aliphatic carbocycles. The Bertz CT molecular complexity index is 562. The van der Waals surface area contributed by atoms with Gasteiger partial charge in [-0.1, -0.05) is 38.1 Å². The van der Waals surface area contributed by atoms with Crippen molar-refractivity contribution in [3.63, 3.8) is 0 Å². The van der Waals surface area contributed by atoms with Crippen molar-refractivity contribution in [1.82, 2.24) is 5.32 Å². The lowest BCUT2D eigenvalue weighted by molar-refractivity contribution is -0.130. The van der Waals surface area contributed by atoms with Crippen molar-refractivity contribution in [3.8, 4) is 0 Å². The number of hydrogen-bond acceptors (Lipinski definition) is 3. The molecule has 2 aliphatic rings. The molecule has 0 aromatic heterocycles. The number of carbonyl (C=O) groups excluding carboxylic acids is 1. The maximum absolute atomic E-state index is 12.7. The molecule has 1 heterocycles. The van der Waals surface area contributed by atoms with Crippen molar-refractivity contribution in [2.75, 3.05) is 13.2 Å². The highest BCUT2D eigenvalue weighted by Gasteiger charge is 2.39. The maximum atomic E-state index is 12.7. The quantitative estimate of drug-likeness (QED) is 0.882. The Kier molecular flexibility index (Phi) is 4.00. The molecule has 1 aromatic carbocycles. The zero-order valence-electron chi connectivity index (χ0n) is 13.5. The monoisotopic (exact) mass is 302 g/mol. The fourth-order valence-electron chi connectivity index (χ4n) is 3.63. The average Bonchev–Trinajstić information content (AvgIpc) is 2.51. The van der Waals surface area contributed by atoms with Crippen LogP contribution in [-0.4, -0.2) is 24.7 Å². The fourth-order valence-corrected chi connectivity index (χ4v) is 3.63. The molecule has 3 rings (SSSR count). The van der Waals surface area contributed by atoms with Crippen molar-refractivity contribution < 1.29 is 9.53 Å². The molecule has 0 bridgehead atoms. The van der Waals surface area contributed by atoms with Gasteiger partial charge in [-0.05, 0) is 42.2 Å². The first-order valence-electron chi connectivity index (χ1n) is 8.19. The Morgan fingerprint density at radius 2 is 1.91 bits per heavy atom. The minimum atomic E-state index is -0.778. The van der Waals surface area contributed by atoms with Gasteiger partial charge in [-0.15, -0.1) is 0 Å². The first-order valence-corrected chi connectivity index (χ1v) is 8.19. The molecule has 3 N–H and O–H groups in total. The highest BCUT2D eigenvalue weighted by molar-refractivity contribution is 5.86. The van der Waals surface area contributed by atoms with Gasteiger partial charge in [0.1, 0.15) is 0 Å². The molecule has 1 saturated heterocycles. The van der Waals surface area contributed by atoms with E-state index in [1.165, 1.54) is 11.1 Å². The smallest absolute Gasteiger partial charge is 0.240 e. The van der Waals surface area contributed by atoms with E-state index < -0.39 is 5.54 Å². The summed E-state index contributed by atoms with van der Waals surface area (Å²) in [4.78, 5) is 12.7. The van der Waals surface area contributed by atoms with Crippen LogP contribution in [0.4, 0.5) is 0 Å². The van der Waals surface area contributed by atoms with Crippen molar-refractivity contribution in [2.24, 2.45) is 5.73 Å². The zero-order chi connectivity index (χ0) is 15.8. The molecule has 120 valence electrons. The van der Waals surface area contributed by atoms with E-state index >= 15 is 0 Å². The summed E-state index contributed by atoms with van der Waals surface area (Å²) in [5, 5.41) is 3.20. The van der Waals surface area contributed by atoms with Crippen LogP contribution in [0.2, 0.25) is 0 Å². The molecule has 22 heavy (non-hydrogen) atoms. The third-order valence-corrected chi connectivity index (χ3v) is 5.27. The van der Waals surface area contributed by atoms with Crippen LogP contribution in [0.25, 0.3) is 0 Å². The molecule has 1 aromatic rings. The van der Waals surface area contributed by atoms with Crippen LogP contribution in [0.3, 0.4) is 0 Å². The number of carbonyl (C=O) groups is 1. The Morgan fingerprint density at radius 1 is 1.23 bits per heavy atom. The summed E-state index contributed by atoms with van der Waals surface area (Å²) < 4.78 is 5.33. The number of benzene rings is 1. The Morgan fingerprint density at radius 3 is 2.64 bits per heavy atom. The summed E-state index contributed by atoms with van der Waals surface area (Å²) in [5.41, 5.74) is 8.26. The van der Waals surface area contributed by atoms with E-state index in [4.69, 9.17) is 10.5 Å². The van der Waals surface area contributed by atoms with Crippen LogP contribution in [0.5, 0.6) is 0 Å². The molecule has 1 aliphatic heterocycles. The lowest BCUT2D eigenvalue weighted by Crippen LogP contribution is -2.57. The Hall–Kier alpha value is -1.39. The molecule has 1 atom stereocenters. The second-order valence-electron chi connectivity index (χ2n) is 7.30. The van der Waals surface area contributed by atoms with Crippen LogP contribution < -0.4 is 11.1 Å². The predicted octanol–water partition coefficient (Wildman–Crippen LogP) is 2.42. The van der Waals surface area contributed by atoms with Crippen LogP contribution >= 0.6 is 0 Å². The number of fused-ring (bicyclic) bond motifs is 1. The second-order valence-corrected chi connectivity index (χ2v) is 7.30. The van der Waals surface area contributed by atoms with Gasteiger partial charge in [0.2, 0.25) is 5.91 Å². The van der Waals surface area contributed by atoms with Crippen LogP contribution in [-0.2, 0) is 14.9 Å². The van der Waals surface area contributed by atoms with Gasteiger partial charge in [0, 0.05) is 13.2 Å². The van der Waals surface area contributed by atoms with Gasteiger partial charge in [-0.25, -0.2) is 0 Å². The number of amides is 1. The largest absolute Gasteiger partial charge is 0.381 e. The summed E-state index contributed by atoms with van der Waals surface area (Å²) >= 11 is 0. The molecule has 0 saturated carbocycles. The molecule has 0 radical (unpaired) electrons. The Labute approximate surface area is 132 Å². The molecule has 4 heteroatoms. The topological polar surface area (TPSA) is 64.4 Å². The van der Waals surface area contributed by atoms with Crippen molar-refractivity contribution in [3.05, 3.63) is 35.4 Å². The average molecular weight is 302 g/mol. The fraction of sp³-hybridized carbons (Fsp3) is 0.611. The molecule has 1 amide bonds. The van der Waals surface area contributed by atoms with Crippen molar-refractivity contribution >= 4 is 5.91 Å². The highest BCUT2D eigenvalue weighted by Crippen LogP contribution is 2.41. The SMILES string of the molecule is CC1(C)CCC(NC(=O)C2(N)CCOCC2)c2ccccc21. The first kappa shape index (κ1) is 15.5. The van der Waals surface area contributed by atoms with Gasteiger partial charge in [-0.3, -0.25) is 4.79 Å². The third kappa shape index (κ3) is 2.77. The highest BCUT2D eigenvalue weighted by atomic mass is 16.5. The van der Waals surface area contributed by atoms with Crippen molar-refractivity contribution in [2.45, 2.75) is 56.5 Å². The molecular formula is C18H26N2O2. The summed E-state index contributed by atoms with van der Waals surface area (Å²) in [6.45, 7) is 5.68. The van der Waals surface area contributed by atoms with Gasteiger partial charge in [-0.2, -0.15) is 0 Å². The van der Waals surface area contributed by atoms with Crippen LogP contribution in [0.15, 0.2) is 24.3 Å². The number of ether oxygens (including phenoxy) is 1. The summed E-state index contributed by atoms with van der Waals surface area (Å²) in [7, 11) is 0. The number of rotatable bonds is 2. The normalized spacial score (nSPS) is 26.0. The van der Waals surface area contributed by atoms with Gasteiger partial charge in [0.05, 0.1) is 11.6 Å². The number of nitrogens with two attached hydrogens (primary N) is 1. The molecule has 1 unspecified atom stereocenters. The second kappa shape index (κ2) is 5.67. The molecular weight excluding hydrogens is 276 g/mol. The van der Waals surface area contributed by atoms with E-state index in [1.807, 2.05) is 6.07 Å². The van der Waals surface area contributed by atoms with E-state index in [-0.39, 0.29) is 17.4 Å². The molecule has 0 spiro atoms. The van der Waals surface area contributed by atoms with Gasteiger partial charge < -0.3 is 15.8 Å². The standard InChI is InChI=1S/C18H26N2O2/c1-17(2)8-7-15(13-5-3-4-6-14(13)17)20-16(21)18(19)9-11-22-12-10-18/h3-6,15H,7-12,19H2,1-2H3,(H,20,21). The van der Waals surface area contributed by atoms with Gasteiger partial charge in [0.25, 0.3) is 0 Å². The molecule has 4 nitrogen and oxygen atoms in total. The lowest BCUT2D eigenvalue weighted by Gasteiger charge is -2.39. The Balaban J connectivity index is 1.80. The number of hydrogen-bond donors (Lipinski definition) is 2. The van der Waals surface area contributed by atoms with Gasteiger partial charge >= 0.3 is 0 Å². The summed E-state index contributed by atoms with van der Waals surface area (Å²) in [5.74, 6) is -0.0321. The molecule has 1 fully saturated rings. The summed E-state index contributed by atoms with van der Waals surface area (Å²) in [6, 6.07) is 8.51. The van der Waals surface area contributed by atoms with Gasteiger partial charge in [0.15, 0.2) is 0 Å². The third-order valence-electron chi connectivity index (χ3n) is 5.27. The van der Waals surface area contributed by atoms with Crippen molar-refractivity contribution in [1.29, 1.82) is 0 Å². The first-order chi connectivity index (χ1) is 10.4. The van der Waals surface area contributed by atoms with E-state index in [9.17, 15) is 4.79 Å². The zero-order valence-corrected chi connectivity index (χ0v) is 13.5. The predicted molar refractivity (Wildman–Crippen MR) is 86.6 cm³/mol. The van der Waals surface area contributed by atoms with E-state index in [0.29, 0.717) is 26.1 Å². The van der Waals surface area contributed by atoms with E-state index in [0.717, 1.165) is 12.8 Å². The maximum Gasteiger partial charge on any atom is 0.240 e. The van der Waals surface area contributed by atoms with Crippen LogP contribution in [0, 0.1) is 0 Å². The van der Waals surface area contributed by atoms with E-state index in [1.54, 1.807) is 0 Å². The minimum Gasteiger partial charge on any atom is -0.381 e. The van der Waals surface area contributed by atoms with Crippen LogP contribution in [0.1, 0.15) is 56.7 Å². The lowest BCUT2D eigenvalue weighted by atomic mass is 9.71. The minimum absolute atomic E-state index is 0.0321. The number of nitrogens with one attached hydrogen (secondary N) is 1. The summed E-state index contributed by atoms with van der Waals surface area (Å²) in [6.07, 6.45) is 3.22. The van der Waals surface area contributed by atoms with E-state index in [2.05, 4.69) is 37.4 Å².